The number of carbonyl (C=O) groups is 1. The summed E-state index contributed by atoms with van der Waals surface area (Å²) in [5, 5.41) is 9.80. The molecule has 2 heterocycles. The van der Waals surface area contributed by atoms with Crippen LogP contribution in [-0.2, 0) is 6.42 Å². The summed E-state index contributed by atoms with van der Waals surface area (Å²) in [6.07, 6.45) is 0.470. The van der Waals surface area contributed by atoms with Crippen molar-refractivity contribution in [3.8, 4) is 22.9 Å². The third-order valence-corrected chi connectivity index (χ3v) is 4.24. The Bertz CT molecular complexity index is 1000. The molecule has 0 atom stereocenters. The van der Waals surface area contributed by atoms with E-state index >= 15 is 0 Å². The molecule has 1 amide bonds. The molecule has 2 N–H and O–H groups in total. The number of rotatable bonds is 5. The van der Waals surface area contributed by atoms with Crippen LogP contribution in [0, 0.1) is 12.7 Å². The molecule has 0 fully saturated rings. The zero-order valence-corrected chi connectivity index (χ0v) is 14.6. The molecule has 0 unspecified atom stereocenters. The van der Waals surface area contributed by atoms with Gasteiger partial charge in [0.25, 0.3) is 5.91 Å². The van der Waals surface area contributed by atoms with E-state index in [1.54, 1.807) is 19.1 Å². The van der Waals surface area contributed by atoms with Gasteiger partial charge >= 0.3 is 0 Å². The fourth-order valence-electron chi connectivity index (χ4n) is 2.70. The van der Waals surface area contributed by atoms with Crippen LogP contribution >= 0.6 is 0 Å². The number of benzene rings is 2. The summed E-state index contributed by atoms with van der Waals surface area (Å²) < 4.78 is 24.2. The van der Waals surface area contributed by atoms with E-state index in [1.807, 2.05) is 18.2 Å². The number of aromatic nitrogens is 3. The molecule has 0 spiro atoms. The van der Waals surface area contributed by atoms with Gasteiger partial charge in [0.05, 0.1) is 0 Å². The lowest BCUT2D eigenvalue weighted by atomic mass is 10.1. The average Bonchev–Trinajstić information content (AvgIpc) is 3.32. The van der Waals surface area contributed by atoms with Crippen molar-refractivity contribution in [1.29, 1.82) is 0 Å². The molecule has 3 aromatic rings. The van der Waals surface area contributed by atoms with Gasteiger partial charge in [-0.3, -0.25) is 9.89 Å². The Morgan fingerprint density at radius 1 is 1.22 bits per heavy atom. The minimum atomic E-state index is -0.397. The van der Waals surface area contributed by atoms with Crippen molar-refractivity contribution < 1.29 is 18.7 Å². The van der Waals surface area contributed by atoms with Crippen LogP contribution < -0.4 is 14.8 Å². The molecule has 4 rings (SSSR count). The second kappa shape index (κ2) is 7.06. The highest BCUT2D eigenvalue weighted by Gasteiger charge is 2.16. The summed E-state index contributed by atoms with van der Waals surface area (Å²) in [4.78, 5) is 16.5. The Balaban J connectivity index is 1.35. The van der Waals surface area contributed by atoms with Gasteiger partial charge in [0, 0.05) is 24.1 Å². The summed E-state index contributed by atoms with van der Waals surface area (Å²) in [6.45, 7) is 2.21. The number of hydrogen-bond donors (Lipinski definition) is 2. The predicted octanol–water partition coefficient (Wildman–Crippen LogP) is 2.62. The molecule has 0 saturated carbocycles. The van der Waals surface area contributed by atoms with E-state index in [2.05, 4.69) is 20.5 Å². The quantitative estimate of drug-likeness (QED) is 0.723. The van der Waals surface area contributed by atoms with Gasteiger partial charge in [-0.25, -0.2) is 9.37 Å². The molecule has 7 nitrogen and oxygen atoms in total. The Morgan fingerprint density at radius 2 is 2.07 bits per heavy atom. The zero-order valence-electron chi connectivity index (χ0n) is 14.6. The second-order valence-corrected chi connectivity index (χ2v) is 6.14. The lowest BCUT2D eigenvalue weighted by Crippen LogP contribution is -2.26. The van der Waals surface area contributed by atoms with E-state index in [0.29, 0.717) is 41.7 Å². The molecule has 2 aromatic carbocycles. The topological polar surface area (TPSA) is 89.1 Å². The molecule has 0 aliphatic carbocycles. The van der Waals surface area contributed by atoms with Crippen LogP contribution in [0.3, 0.4) is 0 Å². The fourth-order valence-corrected chi connectivity index (χ4v) is 2.70. The van der Waals surface area contributed by atoms with E-state index in [0.717, 1.165) is 5.56 Å². The van der Waals surface area contributed by atoms with Gasteiger partial charge < -0.3 is 14.8 Å². The minimum absolute atomic E-state index is 0.211. The number of H-pyrrole nitrogens is 1. The monoisotopic (exact) mass is 368 g/mol. The average molecular weight is 368 g/mol. The Hall–Kier alpha value is -3.42. The highest BCUT2D eigenvalue weighted by atomic mass is 19.1. The van der Waals surface area contributed by atoms with E-state index in [9.17, 15) is 9.18 Å². The second-order valence-electron chi connectivity index (χ2n) is 6.14. The Labute approximate surface area is 154 Å². The van der Waals surface area contributed by atoms with Crippen molar-refractivity contribution in [2.45, 2.75) is 13.3 Å². The number of ether oxygens (including phenoxy) is 2. The summed E-state index contributed by atoms with van der Waals surface area (Å²) in [7, 11) is 0. The number of hydrogen-bond acceptors (Lipinski definition) is 5. The zero-order chi connectivity index (χ0) is 18.8. The van der Waals surface area contributed by atoms with Gasteiger partial charge in [0.2, 0.25) is 6.79 Å². The van der Waals surface area contributed by atoms with Gasteiger partial charge in [-0.1, -0.05) is 6.07 Å². The molecule has 1 aromatic heterocycles. The fraction of sp³-hybridized carbons (Fsp3) is 0.211. The van der Waals surface area contributed by atoms with E-state index in [-0.39, 0.29) is 18.3 Å². The van der Waals surface area contributed by atoms with Crippen molar-refractivity contribution >= 4 is 5.91 Å². The molecular weight excluding hydrogens is 351 g/mol. The molecule has 138 valence electrons. The number of halogens is 1. The number of amides is 1. The Kier molecular flexibility index (Phi) is 4.45. The normalized spacial score (nSPS) is 12.2. The first-order valence-corrected chi connectivity index (χ1v) is 8.46. The lowest BCUT2D eigenvalue weighted by molar-refractivity contribution is 0.0953. The van der Waals surface area contributed by atoms with E-state index < -0.39 is 5.82 Å². The number of aryl methyl sites for hydroxylation is 1. The van der Waals surface area contributed by atoms with Crippen molar-refractivity contribution in [1.82, 2.24) is 20.5 Å². The highest BCUT2D eigenvalue weighted by molar-refractivity contribution is 5.94. The first-order chi connectivity index (χ1) is 13.1. The van der Waals surface area contributed by atoms with Gasteiger partial charge in [0.1, 0.15) is 11.6 Å². The van der Waals surface area contributed by atoms with Crippen molar-refractivity contribution in [2.75, 3.05) is 13.3 Å². The SMILES string of the molecule is Cc1ccc(C(=O)NCCc2nc(-c3ccc4c(c3)OCO4)n[nH]2)cc1F. The van der Waals surface area contributed by atoms with Gasteiger partial charge in [-0.2, -0.15) is 5.10 Å². The van der Waals surface area contributed by atoms with Gasteiger partial charge in [-0.15, -0.1) is 0 Å². The predicted molar refractivity (Wildman–Crippen MR) is 95.1 cm³/mol. The minimum Gasteiger partial charge on any atom is -0.454 e. The maximum absolute atomic E-state index is 13.6. The third kappa shape index (κ3) is 3.59. The number of fused-ring (bicyclic) bond motifs is 1. The summed E-state index contributed by atoms with van der Waals surface area (Å²) >= 11 is 0. The summed E-state index contributed by atoms with van der Waals surface area (Å²) in [5.41, 5.74) is 1.60. The highest BCUT2D eigenvalue weighted by Crippen LogP contribution is 2.34. The van der Waals surface area contributed by atoms with E-state index in [4.69, 9.17) is 9.47 Å². The first kappa shape index (κ1) is 17.0. The standard InChI is InChI=1S/C19H17FN4O3/c1-11-2-3-13(8-14(11)20)19(25)21-7-6-17-22-18(24-23-17)12-4-5-15-16(9-12)27-10-26-15/h2-5,8-9H,6-7,10H2,1H3,(H,21,25)(H,22,23,24). The van der Waals surface area contributed by atoms with Crippen LogP contribution in [0.2, 0.25) is 0 Å². The van der Waals surface area contributed by atoms with E-state index in [1.165, 1.54) is 6.07 Å². The van der Waals surface area contributed by atoms with Crippen LogP contribution in [0.5, 0.6) is 11.5 Å². The molecule has 27 heavy (non-hydrogen) atoms. The van der Waals surface area contributed by atoms with Gasteiger partial charge in [-0.05, 0) is 42.8 Å². The lowest BCUT2D eigenvalue weighted by Gasteiger charge is -2.05. The van der Waals surface area contributed by atoms with Crippen molar-refractivity contribution in [3.63, 3.8) is 0 Å². The molecule has 8 heteroatoms. The van der Waals surface area contributed by atoms with Crippen LogP contribution in [0.15, 0.2) is 36.4 Å². The van der Waals surface area contributed by atoms with Gasteiger partial charge in [0.15, 0.2) is 17.3 Å². The smallest absolute Gasteiger partial charge is 0.251 e. The maximum Gasteiger partial charge on any atom is 0.251 e. The van der Waals surface area contributed by atoms with Crippen LogP contribution in [0.4, 0.5) is 4.39 Å². The van der Waals surface area contributed by atoms with Crippen LogP contribution in [0.25, 0.3) is 11.4 Å². The summed E-state index contributed by atoms with van der Waals surface area (Å²) in [5.74, 6) is 1.81. The number of nitrogens with zero attached hydrogens (tertiary/aromatic N) is 2. The maximum atomic E-state index is 13.6. The molecular formula is C19H17FN4O3. The van der Waals surface area contributed by atoms with Crippen molar-refractivity contribution in [2.24, 2.45) is 0 Å². The molecule has 0 radical (unpaired) electrons. The largest absolute Gasteiger partial charge is 0.454 e. The van der Waals surface area contributed by atoms with Crippen molar-refractivity contribution in [3.05, 3.63) is 59.2 Å². The Morgan fingerprint density at radius 3 is 2.93 bits per heavy atom. The molecule has 0 saturated heterocycles. The molecule has 1 aliphatic rings. The number of carbonyl (C=O) groups excluding carboxylic acids is 1. The van der Waals surface area contributed by atoms with Crippen LogP contribution in [0.1, 0.15) is 21.7 Å². The molecule has 1 aliphatic heterocycles. The van der Waals surface area contributed by atoms with Crippen LogP contribution in [-0.4, -0.2) is 34.4 Å². The summed E-state index contributed by atoms with van der Waals surface area (Å²) in [6, 6.07) is 9.90. The number of nitrogens with one attached hydrogen (secondary N) is 2. The third-order valence-electron chi connectivity index (χ3n) is 4.24. The molecule has 0 bridgehead atoms. The first-order valence-electron chi connectivity index (χ1n) is 8.46. The number of aromatic amines is 1.